The Balaban J connectivity index is 2.67. The van der Waals surface area contributed by atoms with Crippen LogP contribution in [0.2, 0.25) is 0 Å². The van der Waals surface area contributed by atoms with Crippen molar-refractivity contribution in [3.05, 3.63) is 30.1 Å². The lowest BCUT2D eigenvalue weighted by molar-refractivity contribution is 0.0000822. The lowest BCUT2D eigenvalue weighted by Gasteiger charge is -2.34. The van der Waals surface area contributed by atoms with Gasteiger partial charge in [-0.3, -0.25) is 4.98 Å². The van der Waals surface area contributed by atoms with Crippen molar-refractivity contribution in [3.63, 3.8) is 0 Å². The highest BCUT2D eigenvalue weighted by molar-refractivity contribution is 6.32. The summed E-state index contributed by atoms with van der Waals surface area (Å²) in [7, 11) is -1.73. The molecule has 0 bridgehead atoms. The fraction of sp³-hybridized carbons (Fsp3) is 0.783. The Hall–Kier alpha value is -0.905. The molecule has 160 valence electrons. The van der Waals surface area contributed by atoms with Crippen LogP contribution in [0, 0.1) is 0 Å². The Bertz CT molecular complexity index is 454. The van der Waals surface area contributed by atoms with Crippen molar-refractivity contribution >= 4 is 7.32 Å². The standard InChI is InChI=1S/C23H42BNO3/c1-3-5-7-9-11-14-18-23(28-24(26)27,19-15-12-10-8-6-4-2)21-22-17-13-16-20-25-22/h13,16-17,20,26-27H,3-12,14-15,18-19,21H2,1-2H3. The summed E-state index contributed by atoms with van der Waals surface area (Å²) in [6.07, 6.45) is 18.7. The van der Waals surface area contributed by atoms with Crippen molar-refractivity contribution in [2.75, 3.05) is 0 Å². The molecule has 0 fully saturated rings. The topological polar surface area (TPSA) is 62.6 Å². The molecule has 4 nitrogen and oxygen atoms in total. The average molecular weight is 391 g/mol. The van der Waals surface area contributed by atoms with Crippen LogP contribution in [0.25, 0.3) is 0 Å². The average Bonchev–Trinajstić information content (AvgIpc) is 2.67. The molecule has 1 aromatic heterocycles. The van der Waals surface area contributed by atoms with Gasteiger partial charge in [-0.25, -0.2) is 0 Å². The fourth-order valence-corrected chi connectivity index (χ4v) is 3.97. The number of nitrogens with zero attached hydrogens (tertiary/aromatic N) is 1. The van der Waals surface area contributed by atoms with E-state index in [1.54, 1.807) is 6.20 Å². The van der Waals surface area contributed by atoms with Crippen LogP contribution in [-0.4, -0.2) is 28.0 Å². The molecular weight excluding hydrogens is 349 g/mol. The number of rotatable bonds is 18. The van der Waals surface area contributed by atoms with E-state index in [4.69, 9.17) is 4.65 Å². The van der Waals surface area contributed by atoms with Crippen LogP contribution in [-0.2, 0) is 11.1 Å². The molecule has 1 rings (SSSR count). The van der Waals surface area contributed by atoms with Crippen LogP contribution in [0.3, 0.4) is 0 Å². The highest BCUT2D eigenvalue weighted by Crippen LogP contribution is 2.31. The molecule has 0 saturated heterocycles. The molecule has 0 aliphatic rings. The largest absolute Gasteiger partial charge is 0.634 e. The minimum atomic E-state index is -1.73. The second-order valence-corrected chi connectivity index (χ2v) is 8.16. The Morgan fingerprint density at radius 2 is 1.36 bits per heavy atom. The van der Waals surface area contributed by atoms with Crippen LogP contribution < -0.4 is 0 Å². The summed E-state index contributed by atoms with van der Waals surface area (Å²) in [5.74, 6) is 0. The number of hydrogen-bond donors (Lipinski definition) is 2. The minimum Gasteiger partial charge on any atom is -0.402 e. The predicted octanol–water partition coefficient (Wildman–Crippen LogP) is 5.85. The number of hydrogen-bond acceptors (Lipinski definition) is 4. The zero-order chi connectivity index (χ0) is 20.5. The molecule has 1 aromatic rings. The summed E-state index contributed by atoms with van der Waals surface area (Å²) in [4.78, 5) is 4.47. The van der Waals surface area contributed by atoms with Crippen LogP contribution in [0.5, 0.6) is 0 Å². The smallest absolute Gasteiger partial charge is 0.402 e. The first-order chi connectivity index (χ1) is 13.6. The van der Waals surface area contributed by atoms with Gasteiger partial charge in [-0.15, -0.1) is 0 Å². The van der Waals surface area contributed by atoms with Crippen LogP contribution >= 0.6 is 0 Å². The SMILES string of the molecule is CCCCCCCCC(CCCCCCCC)(Cc1ccccn1)OB(O)O. The quantitative estimate of drug-likeness (QED) is 0.243. The molecule has 0 atom stereocenters. The first-order valence-electron chi connectivity index (χ1n) is 11.6. The summed E-state index contributed by atoms with van der Waals surface area (Å²) in [5.41, 5.74) is 0.415. The molecule has 0 saturated carbocycles. The number of pyridine rings is 1. The highest BCUT2D eigenvalue weighted by Gasteiger charge is 2.35. The third kappa shape index (κ3) is 11.8. The molecule has 0 amide bonds. The van der Waals surface area contributed by atoms with Crippen molar-refractivity contribution in [3.8, 4) is 0 Å². The van der Waals surface area contributed by atoms with Crippen molar-refractivity contribution in [2.45, 2.75) is 116 Å². The second kappa shape index (κ2) is 16.0. The van der Waals surface area contributed by atoms with Gasteiger partial charge in [0.1, 0.15) is 0 Å². The number of unbranched alkanes of at least 4 members (excludes halogenated alkanes) is 10. The van der Waals surface area contributed by atoms with E-state index >= 15 is 0 Å². The van der Waals surface area contributed by atoms with Gasteiger partial charge in [-0.2, -0.15) is 0 Å². The normalized spacial score (nSPS) is 11.7. The molecule has 1 heterocycles. The van der Waals surface area contributed by atoms with Crippen molar-refractivity contribution < 1.29 is 14.7 Å². The molecule has 0 radical (unpaired) electrons. The molecule has 0 aromatic carbocycles. The van der Waals surface area contributed by atoms with Gasteiger partial charge in [0.05, 0.1) is 5.60 Å². The van der Waals surface area contributed by atoms with Gasteiger partial charge in [0, 0.05) is 18.3 Å². The third-order valence-corrected chi connectivity index (χ3v) is 5.56. The lowest BCUT2D eigenvalue weighted by atomic mass is 9.84. The molecular formula is C23H42BNO3. The van der Waals surface area contributed by atoms with Crippen LogP contribution in [0.1, 0.15) is 109 Å². The maximum absolute atomic E-state index is 9.62. The maximum Gasteiger partial charge on any atom is 0.634 e. The van der Waals surface area contributed by atoms with Gasteiger partial charge in [-0.05, 0) is 25.0 Å². The highest BCUT2D eigenvalue weighted by atomic mass is 16.6. The van der Waals surface area contributed by atoms with E-state index in [2.05, 4.69) is 18.8 Å². The summed E-state index contributed by atoms with van der Waals surface area (Å²) in [6.45, 7) is 4.46. The third-order valence-electron chi connectivity index (χ3n) is 5.56. The maximum atomic E-state index is 9.62. The number of aromatic nitrogens is 1. The van der Waals surface area contributed by atoms with E-state index in [0.717, 1.165) is 31.4 Å². The van der Waals surface area contributed by atoms with Crippen LogP contribution in [0.4, 0.5) is 0 Å². The summed E-state index contributed by atoms with van der Waals surface area (Å²) < 4.78 is 5.77. The van der Waals surface area contributed by atoms with Gasteiger partial charge in [0.25, 0.3) is 0 Å². The summed E-state index contributed by atoms with van der Waals surface area (Å²) >= 11 is 0. The van der Waals surface area contributed by atoms with Gasteiger partial charge in [-0.1, -0.05) is 97.0 Å². The van der Waals surface area contributed by atoms with Crippen LogP contribution in [0.15, 0.2) is 24.4 Å². The summed E-state index contributed by atoms with van der Waals surface area (Å²) in [5, 5.41) is 19.2. The summed E-state index contributed by atoms with van der Waals surface area (Å²) in [6, 6.07) is 5.90. The van der Waals surface area contributed by atoms with Crippen molar-refractivity contribution in [1.29, 1.82) is 0 Å². The minimum absolute atomic E-state index is 0.544. The van der Waals surface area contributed by atoms with Crippen molar-refractivity contribution in [1.82, 2.24) is 4.98 Å². The molecule has 0 aliphatic heterocycles. The predicted molar refractivity (Wildman–Crippen MR) is 118 cm³/mol. The molecule has 0 unspecified atom stereocenters. The first kappa shape index (κ1) is 25.1. The molecule has 28 heavy (non-hydrogen) atoms. The van der Waals surface area contributed by atoms with Gasteiger partial charge < -0.3 is 14.7 Å². The van der Waals surface area contributed by atoms with Crippen molar-refractivity contribution in [2.24, 2.45) is 0 Å². The zero-order valence-corrected chi connectivity index (χ0v) is 18.2. The van der Waals surface area contributed by atoms with E-state index in [1.807, 2.05) is 18.2 Å². The monoisotopic (exact) mass is 391 g/mol. The zero-order valence-electron chi connectivity index (χ0n) is 18.2. The van der Waals surface area contributed by atoms with E-state index in [1.165, 1.54) is 64.2 Å². The van der Waals surface area contributed by atoms with Gasteiger partial charge in [0.2, 0.25) is 0 Å². The first-order valence-corrected chi connectivity index (χ1v) is 11.6. The van der Waals surface area contributed by atoms with E-state index in [0.29, 0.717) is 6.42 Å². The van der Waals surface area contributed by atoms with Gasteiger partial charge >= 0.3 is 7.32 Å². The second-order valence-electron chi connectivity index (χ2n) is 8.16. The van der Waals surface area contributed by atoms with E-state index < -0.39 is 12.9 Å². The molecule has 0 spiro atoms. The van der Waals surface area contributed by atoms with Gasteiger partial charge in [0.15, 0.2) is 0 Å². The van der Waals surface area contributed by atoms with E-state index in [9.17, 15) is 10.0 Å². The molecule has 0 aliphatic carbocycles. The van der Waals surface area contributed by atoms with E-state index in [-0.39, 0.29) is 0 Å². The molecule has 5 heteroatoms. The molecule has 2 N–H and O–H groups in total. The Morgan fingerprint density at radius 3 is 1.82 bits per heavy atom. The Labute approximate surface area is 173 Å². The fourth-order valence-electron chi connectivity index (χ4n) is 3.97. The Morgan fingerprint density at radius 1 is 0.821 bits per heavy atom. The lowest BCUT2D eigenvalue weighted by Crippen LogP contribution is -2.41. The Kier molecular flexibility index (Phi) is 14.3.